The summed E-state index contributed by atoms with van der Waals surface area (Å²) in [5.41, 5.74) is -0.551. The first kappa shape index (κ1) is 25.2. The first-order valence-corrected chi connectivity index (χ1v) is 12.5. The minimum Gasteiger partial charge on any atom is -0.444 e. The Morgan fingerprint density at radius 2 is 1.88 bits per heavy atom. The molecule has 0 aliphatic carbocycles. The number of aromatic nitrogens is 4. The molecule has 0 saturated carbocycles. The van der Waals surface area contributed by atoms with Crippen molar-refractivity contribution in [3.63, 3.8) is 0 Å². The zero-order valence-corrected chi connectivity index (χ0v) is 22.2. The number of aryl methyl sites for hydroxylation is 2. The van der Waals surface area contributed by atoms with E-state index in [4.69, 9.17) is 14.2 Å². The molecule has 0 saturated heterocycles. The van der Waals surface area contributed by atoms with Crippen LogP contribution in [0.2, 0.25) is 0 Å². The molecule has 0 aliphatic rings. The van der Waals surface area contributed by atoms with Gasteiger partial charge in [-0.25, -0.2) is 9.78 Å². The lowest BCUT2D eigenvalue weighted by molar-refractivity contribution is 0.0465. The zero-order valence-electron chi connectivity index (χ0n) is 20.5. The quantitative estimate of drug-likeness (QED) is 0.373. The zero-order chi connectivity index (χ0) is 24.7. The van der Waals surface area contributed by atoms with Gasteiger partial charge in [0.1, 0.15) is 16.0 Å². The molecule has 0 radical (unpaired) electrons. The van der Waals surface area contributed by atoms with E-state index in [-0.39, 0.29) is 11.6 Å². The van der Waals surface area contributed by atoms with Gasteiger partial charge in [-0.2, -0.15) is 4.98 Å². The van der Waals surface area contributed by atoms with Crippen molar-refractivity contribution in [1.82, 2.24) is 25.0 Å². The summed E-state index contributed by atoms with van der Waals surface area (Å²) < 4.78 is 12.4. The lowest BCUT2D eigenvalue weighted by Gasteiger charge is -2.26. The smallest absolute Gasteiger partial charge is 0.408 e. The van der Waals surface area contributed by atoms with Crippen LogP contribution in [-0.4, -0.2) is 31.4 Å². The normalized spacial score (nSPS) is 12.5. The molecule has 0 unspecified atom stereocenters. The van der Waals surface area contributed by atoms with Gasteiger partial charge in [-0.15, -0.1) is 11.3 Å². The second-order valence-electron chi connectivity index (χ2n) is 9.68. The van der Waals surface area contributed by atoms with Crippen molar-refractivity contribution in [1.29, 1.82) is 0 Å². The Morgan fingerprint density at radius 3 is 2.48 bits per heavy atom. The number of carbonyl (C=O) groups excluding carboxylic acids is 1. The number of fused-ring (bicyclic) bond motifs is 1. The number of amides is 1. The van der Waals surface area contributed by atoms with Gasteiger partial charge < -0.3 is 14.6 Å². The van der Waals surface area contributed by atoms with Gasteiger partial charge in [-0.05, 0) is 67.9 Å². The molecule has 3 rings (SSSR count). The van der Waals surface area contributed by atoms with E-state index in [1.54, 1.807) is 39.2 Å². The van der Waals surface area contributed by atoms with Crippen molar-refractivity contribution in [3.8, 4) is 0 Å². The minimum atomic E-state index is -0.891. The Kier molecular flexibility index (Phi) is 6.95. The number of ether oxygens (including phenoxy) is 1. The highest BCUT2D eigenvalue weighted by atomic mass is 32.2. The summed E-state index contributed by atoms with van der Waals surface area (Å²) in [6.45, 7) is 16.8. The van der Waals surface area contributed by atoms with Crippen molar-refractivity contribution in [2.45, 2.75) is 90.4 Å². The molecule has 0 atom stereocenters. The van der Waals surface area contributed by atoms with Gasteiger partial charge in [0.25, 0.3) is 5.56 Å². The SMILES string of the molecule is Cc1sc2nc(SCc3nc(C(C)(C)NC(=O)OC(C)(C)C)no3)n(C(C)C)c(=O)c2c1C. The first-order valence-electron chi connectivity index (χ1n) is 10.7. The van der Waals surface area contributed by atoms with E-state index in [0.29, 0.717) is 28.0 Å². The van der Waals surface area contributed by atoms with Crippen LogP contribution < -0.4 is 10.9 Å². The van der Waals surface area contributed by atoms with Gasteiger partial charge in [0.15, 0.2) is 11.0 Å². The molecule has 33 heavy (non-hydrogen) atoms. The van der Waals surface area contributed by atoms with E-state index in [2.05, 4.69) is 15.5 Å². The Morgan fingerprint density at radius 1 is 1.21 bits per heavy atom. The highest BCUT2D eigenvalue weighted by Crippen LogP contribution is 2.30. The predicted octanol–water partition coefficient (Wildman–Crippen LogP) is 5.09. The van der Waals surface area contributed by atoms with Crippen LogP contribution in [0, 0.1) is 13.8 Å². The number of hydrogen-bond donors (Lipinski definition) is 1. The summed E-state index contributed by atoms with van der Waals surface area (Å²) in [6, 6.07) is -0.0493. The molecule has 1 amide bonds. The molecule has 0 aliphatic heterocycles. The van der Waals surface area contributed by atoms with E-state index in [1.165, 1.54) is 23.1 Å². The van der Waals surface area contributed by atoms with Crippen LogP contribution in [0.25, 0.3) is 10.2 Å². The molecule has 0 fully saturated rings. The Labute approximate surface area is 201 Å². The van der Waals surface area contributed by atoms with Crippen LogP contribution in [0.1, 0.15) is 76.7 Å². The molecule has 0 aromatic carbocycles. The van der Waals surface area contributed by atoms with Gasteiger partial charge in [0, 0.05) is 10.9 Å². The highest BCUT2D eigenvalue weighted by molar-refractivity contribution is 7.98. The average molecular weight is 494 g/mol. The van der Waals surface area contributed by atoms with E-state index in [0.717, 1.165) is 15.3 Å². The third-order valence-electron chi connectivity index (χ3n) is 4.88. The van der Waals surface area contributed by atoms with Crippen LogP contribution >= 0.6 is 23.1 Å². The summed E-state index contributed by atoms with van der Waals surface area (Å²) in [4.78, 5) is 36.4. The Hall–Kier alpha value is -2.40. The van der Waals surface area contributed by atoms with Crippen LogP contribution in [0.15, 0.2) is 14.5 Å². The minimum absolute atomic E-state index is 0.0340. The number of alkyl carbamates (subject to hydrolysis) is 1. The van der Waals surface area contributed by atoms with Gasteiger partial charge in [0.2, 0.25) is 5.89 Å². The largest absolute Gasteiger partial charge is 0.444 e. The summed E-state index contributed by atoms with van der Waals surface area (Å²) in [5.74, 6) is 1.04. The molecule has 0 spiro atoms. The van der Waals surface area contributed by atoms with Crippen molar-refractivity contribution in [3.05, 3.63) is 32.5 Å². The number of nitrogens with zero attached hydrogens (tertiary/aromatic N) is 4. The van der Waals surface area contributed by atoms with Crippen molar-refractivity contribution in [2.75, 3.05) is 0 Å². The molecule has 9 nitrogen and oxygen atoms in total. The fraction of sp³-hybridized carbons (Fsp3) is 0.591. The van der Waals surface area contributed by atoms with Crippen molar-refractivity contribution in [2.24, 2.45) is 0 Å². The van der Waals surface area contributed by atoms with Gasteiger partial charge in [-0.3, -0.25) is 9.36 Å². The molecule has 3 aromatic rings. The maximum atomic E-state index is 13.2. The third kappa shape index (κ3) is 5.57. The lowest BCUT2D eigenvalue weighted by atomic mass is 10.1. The number of thioether (sulfide) groups is 1. The number of rotatable bonds is 6. The summed E-state index contributed by atoms with van der Waals surface area (Å²) in [6.07, 6.45) is -0.562. The molecular formula is C22H31N5O4S2. The topological polar surface area (TPSA) is 112 Å². The average Bonchev–Trinajstić information content (AvgIpc) is 3.23. The van der Waals surface area contributed by atoms with Gasteiger partial charge >= 0.3 is 6.09 Å². The molecular weight excluding hydrogens is 462 g/mol. The van der Waals surface area contributed by atoms with E-state index >= 15 is 0 Å². The first-order chi connectivity index (χ1) is 15.2. The van der Waals surface area contributed by atoms with Crippen LogP contribution in [0.3, 0.4) is 0 Å². The summed E-state index contributed by atoms with van der Waals surface area (Å²) in [7, 11) is 0. The summed E-state index contributed by atoms with van der Waals surface area (Å²) >= 11 is 2.89. The number of carbonyl (C=O) groups is 1. The van der Waals surface area contributed by atoms with E-state index < -0.39 is 17.2 Å². The standard InChI is InChI=1S/C22H31N5O4S2/c1-11(2)27-17(28)15-12(3)13(4)33-16(15)24-19(27)32-10-14-23-18(26-31-14)22(8,9)25-20(29)30-21(5,6)7/h11H,10H2,1-9H3,(H,25,29). The molecule has 1 N–H and O–H groups in total. The third-order valence-corrected chi connectivity index (χ3v) is 6.92. The van der Waals surface area contributed by atoms with Crippen LogP contribution in [-0.2, 0) is 16.0 Å². The number of hydrogen-bond acceptors (Lipinski definition) is 9. The maximum absolute atomic E-state index is 13.2. The van der Waals surface area contributed by atoms with Crippen LogP contribution in [0.5, 0.6) is 0 Å². The van der Waals surface area contributed by atoms with E-state index in [1.807, 2.05) is 27.7 Å². The fourth-order valence-electron chi connectivity index (χ4n) is 3.15. The van der Waals surface area contributed by atoms with Gasteiger partial charge in [0.05, 0.1) is 11.1 Å². The molecule has 0 bridgehead atoms. The maximum Gasteiger partial charge on any atom is 0.408 e. The fourth-order valence-corrected chi connectivity index (χ4v) is 5.19. The number of thiophene rings is 1. The highest BCUT2D eigenvalue weighted by Gasteiger charge is 2.31. The molecule has 180 valence electrons. The predicted molar refractivity (Wildman–Crippen MR) is 130 cm³/mol. The lowest BCUT2D eigenvalue weighted by Crippen LogP contribution is -2.44. The van der Waals surface area contributed by atoms with Crippen molar-refractivity contribution < 1.29 is 14.1 Å². The molecule has 11 heteroatoms. The summed E-state index contributed by atoms with van der Waals surface area (Å²) in [5, 5.41) is 8.09. The second kappa shape index (κ2) is 9.09. The molecule has 3 aromatic heterocycles. The van der Waals surface area contributed by atoms with Crippen LogP contribution in [0.4, 0.5) is 4.79 Å². The second-order valence-corrected chi connectivity index (χ2v) is 11.8. The van der Waals surface area contributed by atoms with Crippen molar-refractivity contribution >= 4 is 39.4 Å². The Bertz CT molecular complexity index is 1230. The van der Waals surface area contributed by atoms with Gasteiger partial charge in [-0.1, -0.05) is 16.9 Å². The monoisotopic (exact) mass is 493 g/mol. The number of nitrogens with one attached hydrogen (secondary N) is 1. The molecule has 3 heterocycles. The Balaban J connectivity index is 1.81. The van der Waals surface area contributed by atoms with E-state index in [9.17, 15) is 9.59 Å².